The number of rotatable bonds is 2. The predicted octanol–water partition coefficient (Wildman–Crippen LogP) is 4.09. The number of carbonyl (C=O) groups is 2. The zero-order chi connectivity index (χ0) is 25.3. The zero-order valence-corrected chi connectivity index (χ0v) is 21.9. The maximum Gasteiger partial charge on any atom is 0.309 e. The van der Waals surface area contributed by atoms with E-state index in [0.717, 1.165) is 30.0 Å². The van der Waals surface area contributed by atoms with Crippen LogP contribution in [0.3, 0.4) is 0 Å². The number of thiazole rings is 1. The number of aryl methyl sites for hydroxylation is 1. The molecule has 0 amide bonds. The summed E-state index contributed by atoms with van der Waals surface area (Å²) < 4.78 is 11.7. The van der Waals surface area contributed by atoms with Crippen LogP contribution in [0.4, 0.5) is 0 Å². The summed E-state index contributed by atoms with van der Waals surface area (Å²) in [6, 6.07) is 0. The molecule has 0 bridgehead atoms. The van der Waals surface area contributed by atoms with Gasteiger partial charge in [-0.05, 0) is 44.8 Å². The Bertz CT molecular complexity index is 911. The molecule has 0 spiro atoms. The van der Waals surface area contributed by atoms with Crippen LogP contribution in [0.15, 0.2) is 11.5 Å². The van der Waals surface area contributed by atoms with E-state index in [0.29, 0.717) is 6.42 Å². The largest absolute Gasteiger partial charge is 0.458 e. The fourth-order valence-electron chi connectivity index (χ4n) is 4.82. The highest BCUT2D eigenvalue weighted by atomic mass is 32.1. The van der Waals surface area contributed by atoms with Crippen LogP contribution in [0.5, 0.6) is 0 Å². The molecular formula is C26H39NO6S. The zero-order valence-electron chi connectivity index (χ0n) is 21.1. The monoisotopic (exact) mass is 493 g/mol. The molecule has 3 heterocycles. The fraction of sp³-hybridized carbons (Fsp3) is 0.731. The third-order valence-corrected chi connectivity index (χ3v) is 8.34. The summed E-state index contributed by atoms with van der Waals surface area (Å²) in [6.07, 6.45) is 3.72. The quantitative estimate of drug-likeness (QED) is 0.472. The summed E-state index contributed by atoms with van der Waals surface area (Å²) in [5.41, 5.74) is -0.684. The lowest BCUT2D eigenvalue weighted by atomic mass is 9.73. The minimum Gasteiger partial charge on any atom is -0.458 e. The topological polar surface area (TPSA) is 109 Å². The van der Waals surface area contributed by atoms with Crippen LogP contribution in [0.2, 0.25) is 0 Å². The van der Waals surface area contributed by atoms with E-state index in [1.165, 1.54) is 0 Å². The number of aliphatic hydroxyl groups is 2. The van der Waals surface area contributed by atoms with Crippen LogP contribution in [0.1, 0.15) is 77.4 Å². The van der Waals surface area contributed by atoms with Crippen molar-refractivity contribution in [3.63, 3.8) is 0 Å². The normalized spacial score (nSPS) is 37.9. The van der Waals surface area contributed by atoms with Gasteiger partial charge in [0.05, 0.1) is 46.5 Å². The molecule has 0 radical (unpaired) electrons. The molecule has 2 aliphatic heterocycles. The molecule has 8 heteroatoms. The van der Waals surface area contributed by atoms with Crippen molar-refractivity contribution in [3.8, 4) is 0 Å². The highest BCUT2D eigenvalue weighted by Crippen LogP contribution is 2.44. The number of epoxide rings is 1. The minimum atomic E-state index is -1.22. The van der Waals surface area contributed by atoms with Crippen molar-refractivity contribution in [3.05, 3.63) is 22.2 Å². The van der Waals surface area contributed by atoms with E-state index in [4.69, 9.17) is 9.47 Å². The van der Waals surface area contributed by atoms with Crippen LogP contribution in [-0.2, 0) is 19.1 Å². The second kappa shape index (κ2) is 10.6. The van der Waals surface area contributed by atoms with Gasteiger partial charge in [0.25, 0.3) is 0 Å². The SMILES string of the molecule is Cc1nc(/C=C/[C@H]2CC3O[C@@]3(C)CCC[C@H](C)[C@@H](O)[C@H](C)C(=O)C(C)(C)[C@@H](O)CC(=O)O2)cs1. The average Bonchev–Trinajstić information content (AvgIpc) is 3.19. The molecule has 7 atom stereocenters. The first kappa shape index (κ1) is 27.0. The molecule has 34 heavy (non-hydrogen) atoms. The van der Waals surface area contributed by atoms with E-state index in [2.05, 4.69) is 11.9 Å². The first-order valence-electron chi connectivity index (χ1n) is 12.2. The van der Waals surface area contributed by atoms with Crippen molar-refractivity contribution in [2.75, 3.05) is 0 Å². The number of nitrogens with zero attached hydrogens (tertiary/aromatic N) is 1. The molecule has 3 rings (SSSR count). The van der Waals surface area contributed by atoms with Gasteiger partial charge in [-0.15, -0.1) is 11.3 Å². The van der Waals surface area contributed by atoms with Crippen molar-refractivity contribution in [1.29, 1.82) is 0 Å². The van der Waals surface area contributed by atoms with E-state index < -0.39 is 35.6 Å². The van der Waals surface area contributed by atoms with Crippen molar-refractivity contribution in [1.82, 2.24) is 4.98 Å². The van der Waals surface area contributed by atoms with Gasteiger partial charge >= 0.3 is 5.97 Å². The van der Waals surface area contributed by atoms with Gasteiger partial charge < -0.3 is 19.7 Å². The Hall–Kier alpha value is -1.61. The molecule has 0 saturated carbocycles. The van der Waals surface area contributed by atoms with Gasteiger partial charge in [-0.25, -0.2) is 4.98 Å². The number of hydrogen-bond donors (Lipinski definition) is 2. The first-order chi connectivity index (χ1) is 15.8. The highest BCUT2D eigenvalue weighted by molar-refractivity contribution is 7.09. The lowest BCUT2D eigenvalue weighted by molar-refractivity contribution is -0.154. The molecule has 7 nitrogen and oxygen atoms in total. The molecule has 2 saturated heterocycles. The molecule has 2 N–H and O–H groups in total. The maximum absolute atomic E-state index is 13.2. The lowest BCUT2D eigenvalue weighted by Gasteiger charge is -2.34. The molecule has 190 valence electrons. The first-order valence-corrected chi connectivity index (χ1v) is 13.1. The predicted molar refractivity (Wildman–Crippen MR) is 131 cm³/mol. The third kappa shape index (κ3) is 6.33. The third-order valence-electron chi connectivity index (χ3n) is 7.55. The van der Waals surface area contributed by atoms with Gasteiger partial charge in [-0.3, -0.25) is 9.59 Å². The number of ether oxygens (including phenoxy) is 2. The number of aliphatic hydroxyl groups excluding tert-OH is 2. The molecular weight excluding hydrogens is 454 g/mol. The van der Waals surface area contributed by atoms with Crippen LogP contribution in [-0.4, -0.2) is 57.0 Å². The Morgan fingerprint density at radius 2 is 1.91 bits per heavy atom. The number of esters is 1. The van der Waals surface area contributed by atoms with Crippen LogP contribution in [0.25, 0.3) is 6.08 Å². The Kier molecular flexibility index (Phi) is 8.38. The molecule has 2 aliphatic rings. The number of aromatic nitrogens is 1. The van der Waals surface area contributed by atoms with Gasteiger partial charge in [0.1, 0.15) is 11.9 Å². The summed E-state index contributed by atoms with van der Waals surface area (Å²) >= 11 is 1.55. The van der Waals surface area contributed by atoms with Crippen LogP contribution < -0.4 is 0 Å². The van der Waals surface area contributed by atoms with Gasteiger partial charge in [0.15, 0.2) is 0 Å². The molecule has 0 aliphatic carbocycles. The van der Waals surface area contributed by atoms with Crippen molar-refractivity contribution in [2.24, 2.45) is 17.3 Å². The summed E-state index contributed by atoms with van der Waals surface area (Å²) in [5, 5.41) is 24.5. The molecule has 0 aromatic carbocycles. The minimum absolute atomic E-state index is 0.0397. The number of fused-ring (bicyclic) bond motifs is 1. The van der Waals surface area contributed by atoms with Crippen molar-refractivity contribution >= 4 is 29.2 Å². The number of hydrogen-bond acceptors (Lipinski definition) is 8. The number of cyclic esters (lactones) is 1. The van der Waals surface area contributed by atoms with Crippen molar-refractivity contribution < 1.29 is 29.3 Å². The van der Waals surface area contributed by atoms with Crippen LogP contribution in [0, 0.1) is 24.2 Å². The Morgan fingerprint density at radius 1 is 1.21 bits per heavy atom. The van der Waals surface area contributed by atoms with E-state index in [1.54, 1.807) is 32.1 Å². The highest BCUT2D eigenvalue weighted by Gasteiger charge is 2.52. The van der Waals surface area contributed by atoms with Gasteiger partial charge in [0, 0.05) is 17.7 Å². The van der Waals surface area contributed by atoms with E-state index in [9.17, 15) is 19.8 Å². The van der Waals surface area contributed by atoms with Gasteiger partial charge in [-0.1, -0.05) is 34.1 Å². The van der Waals surface area contributed by atoms with E-state index in [1.807, 2.05) is 31.4 Å². The average molecular weight is 494 g/mol. The Balaban J connectivity index is 1.81. The molecule has 1 unspecified atom stereocenters. The number of ketones is 1. The second-order valence-corrected chi connectivity index (χ2v) is 11.9. The summed E-state index contributed by atoms with van der Waals surface area (Å²) in [4.78, 5) is 30.4. The van der Waals surface area contributed by atoms with Crippen LogP contribution >= 0.6 is 11.3 Å². The molecule has 1 aromatic rings. The number of Topliss-reactive ketones (excluding diaryl/α,β-unsaturated/α-hetero) is 1. The molecule has 1 aromatic heterocycles. The Morgan fingerprint density at radius 3 is 2.56 bits per heavy atom. The summed E-state index contributed by atoms with van der Waals surface area (Å²) in [6.45, 7) is 10.9. The van der Waals surface area contributed by atoms with Gasteiger partial charge in [0.2, 0.25) is 0 Å². The fourth-order valence-corrected chi connectivity index (χ4v) is 5.40. The van der Waals surface area contributed by atoms with E-state index >= 15 is 0 Å². The molecule has 2 fully saturated rings. The van der Waals surface area contributed by atoms with Crippen molar-refractivity contribution in [2.45, 2.75) is 104 Å². The van der Waals surface area contributed by atoms with Gasteiger partial charge in [-0.2, -0.15) is 0 Å². The summed E-state index contributed by atoms with van der Waals surface area (Å²) in [7, 11) is 0. The summed E-state index contributed by atoms with van der Waals surface area (Å²) in [5.74, 6) is -1.55. The standard InChI is InChI=1S/C26H39NO6S/c1-15-8-7-11-26(6)21(33-26)12-19(10-9-18-14-34-17(3)27-18)32-22(29)13-20(28)25(4,5)24(31)16(2)23(15)30/h9-10,14-16,19-21,23,28,30H,7-8,11-13H2,1-6H3/b10-9+/t15-,16-,19-,20-,21?,23+,26-/m0/s1. The van der Waals surface area contributed by atoms with E-state index in [-0.39, 0.29) is 29.8 Å². The Labute approximate surface area is 206 Å². The second-order valence-electron chi connectivity index (χ2n) is 10.8. The lowest BCUT2D eigenvalue weighted by Crippen LogP contribution is -2.45. The maximum atomic E-state index is 13.2. The smallest absolute Gasteiger partial charge is 0.309 e. The number of carbonyl (C=O) groups excluding carboxylic acids is 2.